The second-order valence-electron chi connectivity index (χ2n) is 5.65. The molecular weight excluding hydrogens is 304 g/mol. The van der Waals surface area contributed by atoms with E-state index in [-0.39, 0.29) is 6.03 Å². The maximum atomic E-state index is 12.2. The Morgan fingerprint density at radius 1 is 1.25 bits per heavy atom. The maximum Gasteiger partial charge on any atom is 0.319 e. The highest BCUT2D eigenvalue weighted by Gasteiger charge is 2.10. The number of fused-ring (bicyclic) bond motifs is 1. The van der Waals surface area contributed by atoms with Gasteiger partial charge >= 0.3 is 6.03 Å². The van der Waals surface area contributed by atoms with Gasteiger partial charge in [-0.1, -0.05) is 32.0 Å². The fraction of sp³-hybridized carbons (Fsp3) is 0.500. The largest absolute Gasteiger partial charge is 0.383 e. The second kappa shape index (κ2) is 9.30. The Balaban J connectivity index is 2.00. The number of hydrogen-bond donors (Lipinski definition) is 2. The molecule has 0 spiro atoms. The number of aromatic nitrogens is 1. The number of hydrogen-bond acceptors (Lipinski definition) is 3. The van der Waals surface area contributed by atoms with Crippen molar-refractivity contribution >= 4 is 22.6 Å². The molecule has 6 heteroatoms. The number of urea groups is 1. The van der Waals surface area contributed by atoms with Gasteiger partial charge in [-0.15, -0.1) is 0 Å². The Labute approximate surface area is 143 Å². The predicted molar refractivity (Wildman–Crippen MR) is 98.6 cm³/mol. The lowest BCUT2D eigenvalue weighted by atomic mass is 10.2. The van der Waals surface area contributed by atoms with E-state index in [2.05, 4.69) is 40.0 Å². The van der Waals surface area contributed by atoms with Crippen LogP contribution in [0.2, 0.25) is 0 Å². The summed E-state index contributed by atoms with van der Waals surface area (Å²) in [5.41, 5.74) is 1.91. The number of benzene rings is 1. The predicted octanol–water partition coefficient (Wildman–Crippen LogP) is 2.75. The van der Waals surface area contributed by atoms with Crippen LogP contribution in [-0.4, -0.2) is 55.4 Å². The lowest BCUT2D eigenvalue weighted by molar-refractivity contribution is 0.188. The van der Waals surface area contributed by atoms with Gasteiger partial charge in [0.2, 0.25) is 0 Å². The molecular formula is C18H28N4O2. The number of carbonyl (C=O) groups excluding carboxylic acids is 1. The standard InChI is InChI=1S/C18H28N4O2/c1-4-21(5-2)11-10-19-18(23)20-16-14-22(12-13-24-3)17-9-7-6-8-15(16)17/h6-9,14H,4-5,10-13H2,1-3H3,(H2,19,20,23). The number of carbonyl (C=O) groups is 1. The van der Waals surface area contributed by atoms with Gasteiger partial charge < -0.3 is 24.8 Å². The SMILES string of the molecule is CCN(CC)CCNC(=O)Nc1cn(CCOC)c2ccccc12. The van der Waals surface area contributed by atoms with Crippen molar-refractivity contribution in [3.8, 4) is 0 Å². The van der Waals surface area contributed by atoms with E-state index in [9.17, 15) is 4.79 Å². The molecule has 2 rings (SSSR count). The van der Waals surface area contributed by atoms with Gasteiger partial charge in [-0.25, -0.2) is 4.79 Å². The molecule has 0 bridgehead atoms. The van der Waals surface area contributed by atoms with Gasteiger partial charge in [-0.05, 0) is 19.2 Å². The third kappa shape index (κ3) is 4.72. The van der Waals surface area contributed by atoms with Crippen molar-refractivity contribution in [1.82, 2.24) is 14.8 Å². The number of para-hydroxylation sites is 1. The van der Waals surface area contributed by atoms with Crippen LogP contribution in [0.25, 0.3) is 10.9 Å². The number of methoxy groups -OCH3 is 1. The van der Waals surface area contributed by atoms with Crippen molar-refractivity contribution in [3.63, 3.8) is 0 Å². The summed E-state index contributed by atoms with van der Waals surface area (Å²) >= 11 is 0. The highest BCUT2D eigenvalue weighted by atomic mass is 16.5. The molecule has 0 aliphatic heterocycles. The average Bonchev–Trinajstić information content (AvgIpc) is 2.95. The smallest absolute Gasteiger partial charge is 0.319 e. The van der Waals surface area contributed by atoms with Crippen molar-refractivity contribution in [1.29, 1.82) is 0 Å². The summed E-state index contributed by atoms with van der Waals surface area (Å²) in [7, 11) is 1.69. The van der Waals surface area contributed by atoms with Crippen molar-refractivity contribution in [2.45, 2.75) is 20.4 Å². The normalized spacial score (nSPS) is 11.2. The monoisotopic (exact) mass is 332 g/mol. The van der Waals surface area contributed by atoms with Crippen molar-refractivity contribution in [3.05, 3.63) is 30.5 Å². The number of amides is 2. The van der Waals surface area contributed by atoms with Crippen LogP contribution < -0.4 is 10.6 Å². The zero-order valence-corrected chi connectivity index (χ0v) is 14.8. The Morgan fingerprint density at radius 3 is 2.71 bits per heavy atom. The van der Waals surface area contributed by atoms with Crippen molar-refractivity contribution in [2.75, 3.05) is 45.2 Å². The van der Waals surface area contributed by atoms with E-state index < -0.39 is 0 Å². The molecule has 0 radical (unpaired) electrons. The van der Waals surface area contributed by atoms with Gasteiger partial charge in [0, 0.05) is 38.3 Å². The van der Waals surface area contributed by atoms with Gasteiger partial charge in [-0.3, -0.25) is 0 Å². The molecule has 0 aliphatic rings. The van der Waals surface area contributed by atoms with Crippen LogP contribution in [0.4, 0.5) is 10.5 Å². The first-order valence-corrected chi connectivity index (χ1v) is 8.53. The minimum atomic E-state index is -0.170. The number of ether oxygens (including phenoxy) is 1. The highest BCUT2D eigenvalue weighted by molar-refractivity contribution is 6.01. The summed E-state index contributed by atoms with van der Waals surface area (Å²) < 4.78 is 7.26. The van der Waals surface area contributed by atoms with Crippen molar-refractivity contribution in [2.24, 2.45) is 0 Å². The maximum absolute atomic E-state index is 12.2. The first-order valence-electron chi connectivity index (χ1n) is 8.53. The zero-order chi connectivity index (χ0) is 17.4. The van der Waals surface area contributed by atoms with Crippen LogP contribution in [0.15, 0.2) is 30.5 Å². The molecule has 0 aliphatic carbocycles. The number of nitrogens with one attached hydrogen (secondary N) is 2. The summed E-state index contributed by atoms with van der Waals surface area (Å²) in [6, 6.07) is 7.88. The lowest BCUT2D eigenvalue weighted by Crippen LogP contribution is -2.36. The summed E-state index contributed by atoms with van der Waals surface area (Å²) in [6.07, 6.45) is 1.97. The first-order chi connectivity index (χ1) is 11.7. The summed E-state index contributed by atoms with van der Waals surface area (Å²) in [4.78, 5) is 14.4. The van der Waals surface area contributed by atoms with Crippen LogP contribution in [0.5, 0.6) is 0 Å². The Morgan fingerprint density at radius 2 is 2.00 bits per heavy atom. The minimum Gasteiger partial charge on any atom is -0.383 e. The molecule has 0 atom stereocenters. The Bertz CT molecular complexity index is 650. The summed E-state index contributed by atoms with van der Waals surface area (Å²) in [5, 5.41) is 6.92. The van der Waals surface area contributed by atoms with Gasteiger partial charge in [0.25, 0.3) is 0 Å². The third-order valence-electron chi connectivity index (χ3n) is 4.18. The summed E-state index contributed by atoms with van der Waals surface area (Å²) in [6.45, 7) is 9.11. The van der Waals surface area contributed by atoms with E-state index in [1.54, 1.807) is 7.11 Å². The number of nitrogens with zero attached hydrogens (tertiary/aromatic N) is 2. The van der Waals surface area contributed by atoms with E-state index in [4.69, 9.17) is 4.74 Å². The quantitative estimate of drug-likeness (QED) is 0.742. The minimum absolute atomic E-state index is 0.170. The lowest BCUT2D eigenvalue weighted by Gasteiger charge is -2.18. The molecule has 0 fully saturated rings. The highest BCUT2D eigenvalue weighted by Crippen LogP contribution is 2.25. The van der Waals surface area contributed by atoms with Gasteiger partial charge in [0.05, 0.1) is 17.8 Å². The fourth-order valence-corrected chi connectivity index (χ4v) is 2.75. The van der Waals surface area contributed by atoms with Crippen LogP contribution in [0.3, 0.4) is 0 Å². The molecule has 2 N–H and O–H groups in total. The van der Waals surface area contributed by atoms with Crippen LogP contribution in [0, 0.1) is 0 Å². The fourth-order valence-electron chi connectivity index (χ4n) is 2.75. The van der Waals surface area contributed by atoms with E-state index in [1.165, 1.54) is 0 Å². The summed E-state index contributed by atoms with van der Waals surface area (Å²) in [5.74, 6) is 0. The van der Waals surface area contributed by atoms with Crippen molar-refractivity contribution < 1.29 is 9.53 Å². The Kier molecular flexibility index (Phi) is 7.08. The van der Waals surface area contributed by atoms with E-state index in [0.29, 0.717) is 13.2 Å². The van der Waals surface area contributed by atoms with Crippen LogP contribution in [0.1, 0.15) is 13.8 Å². The molecule has 0 saturated carbocycles. The molecule has 0 saturated heterocycles. The van der Waals surface area contributed by atoms with E-state index in [0.717, 1.165) is 42.8 Å². The number of rotatable bonds is 9. The average molecular weight is 332 g/mol. The topological polar surface area (TPSA) is 58.5 Å². The molecule has 132 valence electrons. The second-order valence-corrected chi connectivity index (χ2v) is 5.65. The molecule has 1 aromatic heterocycles. The number of likely N-dealkylation sites (N-methyl/N-ethyl adjacent to an activating group) is 1. The third-order valence-corrected chi connectivity index (χ3v) is 4.18. The molecule has 2 aromatic rings. The molecule has 2 amide bonds. The van der Waals surface area contributed by atoms with Gasteiger partial charge in [0.15, 0.2) is 0 Å². The number of anilines is 1. The van der Waals surface area contributed by atoms with E-state index >= 15 is 0 Å². The van der Waals surface area contributed by atoms with Gasteiger partial charge in [-0.2, -0.15) is 0 Å². The van der Waals surface area contributed by atoms with Crippen LogP contribution in [-0.2, 0) is 11.3 Å². The first kappa shape index (κ1) is 18.3. The Hall–Kier alpha value is -2.05. The zero-order valence-electron chi connectivity index (χ0n) is 14.8. The van der Waals surface area contributed by atoms with Gasteiger partial charge in [0.1, 0.15) is 0 Å². The molecule has 1 heterocycles. The molecule has 1 aromatic carbocycles. The molecule has 24 heavy (non-hydrogen) atoms. The molecule has 0 unspecified atom stereocenters. The van der Waals surface area contributed by atoms with Crippen LogP contribution >= 0.6 is 0 Å². The van der Waals surface area contributed by atoms with E-state index in [1.807, 2.05) is 24.4 Å². The molecule has 6 nitrogen and oxygen atoms in total.